The third-order valence-corrected chi connectivity index (χ3v) is 2.85. The average molecular weight is 262 g/mol. The van der Waals surface area contributed by atoms with Crippen molar-refractivity contribution in [1.29, 1.82) is 0 Å². The van der Waals surface area contributed by atoms with Crippen LogP contribution in [0.1, 0.15) is 0 Å². The molecule has 0 bridgehead atoms. The van der Waals surface area contributed by atoms with Crippen molar-refractivity contribution in [3.8, 4) is 5.75 Å². The van der Waals surface area contributed by atoms with Gasteiger partial charge < -0.3 is 14.8 Å². The summed E-state index contributed by atoms with van der Waals surface area (Å²) in [6, 6.07) is 5.18. The van der Waals surface area contributed by atoms with E-state index in [9.17, 15) is 0 Å². The van der Waals surface area contributed by atoms with Crippen LogP contribution in [0, 0.1) is 0 Å². The van der Waals surface area contributed by atoms with Crippen molar-refractivity contribution in [2.45, 2.75) is 6.10 Å². The third-order valence-electron chi connectivity index (χ3n) is 2.32. The van der Waals surface area contributed by atoms with E-state index < -0.39 is 0 Å². The molecule has 0 aliphatic carbocycles. The highest BCUT2D eigenvalue weighted by molar-refractivity contribution is 6.35. The number of hydrogen-bond donors (Lipinski definition) is 1. The van der Waals surface area contributed by atoms with Crippen LogP contribution in [0.2, 0.25) is 10.0 Å². The number of morpholine rings is 1. The fraction of sp³-hybridized carbons (Fsp3) is 0.455. The van der Waals surface area contributed by atoms with Crippen LogP contribution >= 0.6 is 23.2 Å². The van der Waals surface area contributed by atoms with E-state index in [1.54, 1.807) is 18.2 Å². The van der Waals surface area contributed by atoms with Gasteiger partial charge in [-0.2, -0.15) is 0 Å². The van der Waals surface area contributed by atoms with Gasteiger partial charge in [-0.25, -0.2) is 0 Å². The van der Waals surface area contributed by atoms with E-state index in [-0.39, 0.29) is 6.10 Å². The van der Waals surface area contributed by atoms with Gasteiger partial charge in [0.2, 0.25) is 0 Å². The summed E-state index contributed by atoms with van der Waals surface area (Å²) < 4.78 is 11.1. The molecule has 1 aliphatic heterocycles. The number of hydrogen-bond acceptors (Lipinski definition) is 3. The Morgan fingerprint density at radius 3 is 3.00 bits per heavy atom. The lowest BCUT2D eigenvalue weighted by atomic mass is 10.3. The summed E-state index contributed by atoms with van der Waals surface area (Å²) in [5.74, 6) is 0.639. The molecule has 1 fully saturated rings. The van der Waals surface area contributed by atoms with Crippen molar-refractivity contribution in [3.05, 3.63) is 28.2 Å². The molecule has 16 heavy (non-hydrogen) atoms. The maximum absolute atomic E-state index is 5.98. The zero-order valence-electron chi connectivity index (χ0n) is 8.71. The van der Waals surface area contributed by atoms with Crippen LogP contribution in [0.3, 0.4) is 0 Å². The second-order valence-corrected chi connectivity index (χ2v) is 4.43. The summed E-state index contributed by atoms with van der Waals surface area (Å²) >= 11 is 11.8. The first-order valence-electron chi connectivity index (χ1n) is 5.16. The first kappa shape index (κ1) is 12.0. The zero-order valence-corrected chi connectivity index (χ0v) is 10.2. The topological polar surface area (TPSA) is 30.5 Å². The Kier molecular flexibility index (Phi) is 4.29. The van der Waals surface area contributed by atoms with Crippen LogP contribution in [0.25, 0.3) is 0 Å². The molecule has 0 saturated carbocycles. The Labute approximate surface area is 105 Å². The van der Waals surface area contributed by atoms with Gasteiger partial charge in [-0.15, -0.1) is 0 Å². The van der Waals surface area contributed by atoms with Gasteiger partial charge in [0.15, 0.2) is 0 Å². The molecular formula is C11H13Cl2NO2. The van der Waals surface area contributed by atoms with Crippen LogP contribution < -0.4 is 10.1 Å². The maximum atomic E-state index is 5.98. The van der Waals surface area contributed by atoms with E-state index >= 15 is 0 Å². The molecule has 5 heteroatoms. The SMILES string of the molecule is Clc1ccc(OCC2CNCCO2)c(Cl)c1. The Balaban J connectivity index is 1.88. The summed E-state index contributed by atoms with van der Waals surface area (Å²) in [6.07, 6.45) is 0.0838. The minimum Gasteiger partial charge on any atom is -0.489 e. The van der Waals surface area contributed by atoms with E-state index in [0.29, 0.717) is 22.4 Å². The number of nitrogens with one attached hydrogen (secondary N) is 1. The molecule has 0 radical (unpaired) electrons. The van der Waals surface area contributed by atoms with Crippen LogP contribution in [-0.2, 0) is 4.74 Å². The Morgan fingerprint density at radius 1 is 1.44 bits per heavy atom. The first-order valence-corrected chi connectivity index (χ1v) is 5.91. The fourth-order valence-electron chi connectivity index (χ4n) is 1.50. The number of ether oxygens (including phenoxy) is 2. The van der Waals surface area contributed by atoms with Crippen LogP contribution in [0.15, 0.2) is 18.2 Å². The minimum absolute atomic E-state index is 0.0838. The fourth-order valence-corrected chi connectivity index (χ4v) is 1.96. The predicted octanol–water partition coefficient (Wildman–Crippen LogP) is 2.36. The predicted molar refractivity (Wildman–Crippen MR) is 64.6 cm³/mol. The molecule has 0 spiro atoms. The van der Waals surface area contributed by atoms with Gasteiger partial charge in [0.1, 0.15) is 18.5 Å². The molecule has 1 aromatic carbocycles. The number of halogens is 2. The molecule has 1 aliphatic rings. The standard InChI is InChI=1S/C11H13Cl2NO2/c12-8-1-2-11(10(13)5-8)16-7-9-6-14-3-4-15-9/h1-2,5,9,14H,3-4,6-7H2. The summed E-state index contributed by atoms with van der Waals surface area (Å²) in [6.45, 7) is 2.93. The van der Waals surface area contributed by atoms with Gasteiger partial charge in [-0.05, 0) is 18.2 Å². The van der Waals surface area contributed by atoms with E-state index in [1.807, 2.05) is 0 Å². The molecule has 0 amide bonds. The lowest BCUT2D eigenvalue weighted by molar-refractivity contribution is 0.000219. The highest BCUT2D eigenvalue weighted by Crippen LogP contribution is 2.27. The highest BCUT2D eigenvalue weighted by atomic mass is 35.5. The smallest absolute Gasteiger partial charge is 0.138 e. The molecule has 88 valence electrons. The lowest BCUT2D eigenvalue weighted by Gasteiger charge is -2.23. The Morgan fingerprint density at radius 2 is 2.31 bits per heavy atom. The zero-order chi connectivity index (χ0) is 11.4. The van der Waals surface area contributed by atoms with E-state index in [4.69, 9.17) is 32.7 Å². The van der Waals surface area contributed by atoms with Crippen molar-refractivity contribution in [2.75, 3.05) is 26.3 Å². The second kappa shape index (κ2) is 5.73. The minimum atomic E-state index is 0.0838. The molecule has 1 saturated heterocycles. The summed E-state index contributed by atoms with van der Waals surface area (Å²) in [5.41, 5.74) is 0. The Hall–Kier alpha value is -0.480. The quantitative estimate of drug-likeness (QED) is 0.907. The van der Waals surface area contributed by atoms with Crippen molar-refractivity contribution in [3.63, 3.8) is 0 Å². The largest absolute Gasteiger partial charge is 0.489 e. The molecule has 3 nitrogen and oxygen atoms in total. The normalized spacial score (nSPS) is 20.8. The Bertz CT molecular complexity index is 354. The summed E-state index contributed by atoms with van der Waals surface area (Å²) in [5, 5.41) is 4.36. The van der Waals surface area contributed by atoms with Crippen LogP contribution in [0.5, 0.6) is 5.75 Å². The van der Waals surface area contributed by atoms with E-state index in [2.05, 4.69) is 5.32 Å². The second-order valence-electron chi connectivity index (χ2n) is 3.58. The molecule has 1 aromatic rings. The molecule has 0 aromatic heterocycles. The maximum Gasteiger partial charge on any atom is 0.138 e. The number of benzene rings is 1. The van der Waals surface area contributed by atoms with Gasteiger partial charge in [0.25, 0.3) is 0 Å². The third kappa shape index (κ3) is 3.25. The van der Waals surface area contributed by atoms with Crippen molar-refractivity contribution >= 4 is 23.2 Å². The van der Waals surface area contributed by atoms with E-state index in [0.717, 1.165) is 19.7 Å². The molecule has 1 atom stereocenters. The van der Waals surface area contributed by atoms with Crippen molar-refractivity contribution < 1.29 is 9.47 Å². The van der Waals surface area contributed by atoms with Gasteiger partial charge in [0, 0.05) is 18.1 Å². The number of rotatable bonds is 3. The molecule has 1 heterocycles. The van der Waals surface area contributed by atoms with Gasteiger partial charge >= 0.3 is 0 Å². The monoisotopic (exact) mass is 261 g/mol. The van der Waals surface area contributed by atoms with Gasteiger partial charge in [-0.3, -0.25) is 0 Å². The molecule has 2 rings (SSSR count). The van der Waals surface area contributed by atoms with Crippen LogP contribution in [-0.4, -0.2) is 32.4 Å². The molecule has 1 unspecified atom stereocenters. The molecular weight excluding hydrogens is 249 g/mol. The lowest BCUT2D eigenvalue weighted by Crippen LogP contribution is -2.41. The summed E-state index contributed by atoms with van der Waals surface area (Å²) in [7, 11) is 0. The van der Waals surface area contributed by atoms with Crippen LogP contribution in [0.4, 0.5) is 0 Å². The van der Waals surface area contributed by atoms with Gasteiger partial charge in [0.05, 0.1) is 11.6 Å². The van der Waals surface area contributed by atoms with Gasteiger partial charge in [-0.1, -0.05) is 23.2 Å². The van der Waals surface area contributed by atoms with E-state index in [1.165, 1.54) is 0 Å². The average Bonchev–Trinajstić information content (AvgIpc) is 2.29. The first-order chi connectivity index (χ1) is 7.75. The van der Waals surface area contributed by atoms with Crippen molar-refractivity contribution in [1.82, 2.24) is 5.32 Å². The summed E-state index contributed by atoms with van der Waals surface area (Å²) in [4.78, 5) is 0. The highest BCUT2D eigenvalue weighted by Gasteiger charge is 2.14. The van der Waals surface area contributed by atoms with Crippen molar-refractivity contribution in [2.24, 2.45) is 0 Å². The molecule has 1 N–H and O–H groups in total.